The molecule has 3 aromatic rings. The molecule has 4 rings (SSSR count). The third-order valence-corrected chi connectivity index (χ3v) is 4.39. The number of aromatic hydroxyl groups is 2. The average Bonchev–Trinajstić information content (AvgIpc) is 2.64. The predicted molar refractivity (Wildman–Crippen MR) is 98.1 cm³/mol. The van der Waals surface area contributed by atoms with Gasteiger partial charge in [-0.2, -0.15) is 0 Å². The van der Waals surface area contributed by atoms with Crippen molar-refractivity contribution < 1.29 is 19.8 Å². The lowest BCUT2D eigenvalue weighted by Gasteiger charge is -2.22. The lowest BCUT2D eigenvalue weighted by Crippen LogP contribution is -2.20. The summed E-state index contributed by atoms with van der Waals surface area (Å²) in [4.78, 5) is 26.4. The normalized spacial score (nSPS) is 13.7. The highest BCUT2D eigenvalue weighted by Gasteiger charge is 2.33. The van der Waals surface area contributed by atoms with Gasteiger partial charge in [-0.25, -0.2) is 0 Å². The topological polar surface area (TPSA) is 74.6 Å². The molecule has 0 spiro atoms. The first kappa shape index (κ1) is 15.8. The number of benzene rings is 3. The summed E-state index contributed by atoms with van der Waals surface area (Å²) in [5.41, 5.74) is 2.01. The first-order chi connectivity index (χ1) is 12.6. The lowest BCUT2D eigenvalue weighted by atomic mass is 9.78. The van der Waals surface area contributed by atoms with Crippen LogP contribution in [0.4, 0.5) is 0 Å². The maximum atomic E-state index is 13.2. The van der Waals surface area contributed by atoms with Gasteiger partial charge in [-0.3, -0.25) is 9.59 Å². The molecule has 0 amide bonds. The Morgan fingerprint density at radius 3 is 1.35 bits per heavy atom. The molecule has 26 heavy (non-hydrogen) atoms. The van der Waals surface area contributed by atoms with Crippen LogP contribution in [0.25, 0.3) is 11.1 Å². The number of allylic oxidation sites excluding steroid dienone is 2. The van der Waals surface area contributed by atoms with Crippen LogP contribution in [0.15, 0.2) is 72.8 Å². The summed E-state index contributed by atoms with van der Waals surface area (Å²) in [5, 5.41) is 19.7. The first-order valence-electron chi connectivity index (χ1n) is 8.08. The van der Waals surface area contributed by atoms with Gasteiger partial charge >= 0.3 is 0 Å². The molecule has 0 heterocycles. The van der Waals surface area contributed by atoms with E-state index in [4.69, 9.17) is 0 Å². The van der Waals surface area contributed by atoms with Gasteiger partial charge in [0, 0.05) is 22.3 Å². The van der Waals surface area contributed by atoms with Gasteiger partial charge in [0.2, 0.25) is 0 Å². The summed E-state index contributed by atoms with van der Waals surface area (Å²) in [6.45, 7) is 0. The number of rotatable bonds is 2. The third kappa shape index (κ3) is 2.48. The summed E-state index contributed by atoms with van der Waals surface area (Å²) < 4.78 is 0. The van der Waals surface area contributed by atoms with Crippen LogP contribution in [0, 0.1) is 0 Å². The smallest absolute Gasteiger partial charge is 0.195 e. The van der Waals surface area contributed by atoms with Gasteiger partial charge in [-0.1, -0.05) is 48.5 Å². The summed E-state index contributed by atoms with van der Waals surface area (Å²) in [7, 11) is 0. The SMILES string of the molecule is O=C1C(c2cccc(O)c2)=C(c2cccc(O)c2)C(=O)c2ccccc21. The maximum Gasteiger partial charge on any atom is 0.195 e. The molecule has 4 heteroatoms. The van der Waals surface area contributed by atoms with Gasteiger partial charge in [0.15, 0.2) is 11.6 Å². The van der Waals surface area contributed by atoms with Gasteiger partial charge in [-0.15, -0.1) is 0 Å². The second-order valence-corrected chi connectivity index (χ2v) is 6.05. The summed E-state index contributed by atoms with van der Waals surface area (Å²) in [6, 6.07) is 19.2. The molecule has 3 aromatic carbocycles. The Morgan fingerprint density at radius 2 is 0.962 bits per heavy atom. The highest BCUT2D eigenvalue weighted by molar-refractivity contribution is 6.51. The van der Waals surface area contributed by atoms with Crippen LogP contribution in [0.3, 0.4) is 0 Å². The number of phenolic OH excluding ortho intramolecular Hbond substituents is 2. The Bertz CT molecular complexity index is 1010. The number of Topliss-reactive ketones (excluding diaryl/α,β-unsaturated/α-hetero) is 2. The van der Waals surface area contributed by atoms with E-state index in [2.05, 4.69) is 0 Å². The van der Waals surface area contributed by atoms with E-state index >= 15 is 0 Å². The quantitative estimate of drug-likeness (QED) is 0.736. The Kier molecular flexibility index (Phi) is 3.66. The number of phenols is 2. The van der Waals surface area contributed by atoms with Crippen LogP contribution < -0.4 is 0 Å². The fourth-order valence-corrected chi connectivity index (χ4v) is 3.25. The van der Waals surface area contributed by atoms with Crippen LogP contribution >= 0.6 is 0 Å². The van der Waals surface area contributed by atoms with Crippen molar-refractivity contribution in [3.63, 3.8) is 0 Å². The molecule has 0 fully saturated rings. The Morgan fingerprint density at radius 1 is 0.538 bits per heavy atom. The largest absolute Gasteiger partial charge is 0.508 e. The minimum atomic E-state index is -0.288. The van der Waals surface area contributed by atoms with Crippen molar-refractivity contribution in [1.82, 2.24) is 0 Å². The van der Waals surface area contributed by atoms with E-state index in [1.807, 2.05) is 0 Å². The van der Waals surface area contributed by atoms with Crippen LogP contribution in [0.2, 0.25) is 0 Å². The molecule has 0 aliphatic heterocycles. The molecular formula is C22H14O4. The van der Waals surface area contributed by atoms with Gasteiger partial charge in [0.25, 0.3) is 0 Å². The number of ketones is 2. The van der Waals surface area contributed by atoms with Crippen LogP contribution in [-0.4, -0.2) is 21.8 Å². The highest BCUT2D eigenvalue weighted by atomic mass is 16.3. The van der Waals surface area contributed by atoms with Gasteiger partial charge in [0.1, 0.15) is 11.5 Å². The molecule has 1 aliphatic carbocycles. The molecule has 0 unspecified atom stereocenters. The fraction of sp³-hybridized carbons (Fsp3) is 0. The van der Waals surface area contributed by atoms with Gasteiger partial charge < -0.3 is 10.2 Å². The van der Waals surface area contributed by atoms with E-state index in [-0.39, 0.29) is 34.2 Å². The van der Waals surface area contributed by atoms with E-state index < -0.39 is 0 Å². The van der Waals surface area contributed by atoms with E-state index in [0.29, 0.717) is 22.3 Å². The summed E-state index contributed by atoms with van der Waals surface area (Å²) in [5.74, 6) is -0.568. The molecular weight excluding hydrogens is 328 g/mol. The van der Waals surface area contributed by atoms with E-state index in [1.54, 1.807) is 48.5 Å². The highest BCUT2D eigenvalue weighted by Crippen LogP contribution is 2.38. The number of hydrogen-bond acceptors (Lipinski definition) is 4. The van der Waals surface area contributed by atoms with E-state index in [0.717, 1.165) is 0 Å². The minimum Gasteiger partial charge on any atom is -0.508 e. The van der Waals surface area contributed by atoms with Crippen molar-refractivity contribution in [2.75, 3.05) is 0 Å². The molecule has 0 radical (unpaired) electrons. The number of carbonyl (C=O) groups excluding carboxylic acids is 2. The zero-order chi connectivity index (χ0) is 18.3. The molecule has 4 nitrogen and oxygen atoms in total. The average molecular weight is 342 g/mol. The predicted octanol–water partition coefficient (Wildman–Crippen LogP) is 4.09. The molecule has 0 bridgehead atoms. The van der Waals surface area contributed by atoms with E-state index in [9.17, 15) is 19.8 Å². The Labute approximate surface area is 149 Å². The van der Waals surface area contributed by atoms with Crippen LogP contribution in [0.5, 0.6) is 11.5 Å². The van der Waals surface area contributed by atoms with Crippen molar-refractivity contribution >= 4 is 22.7 Å². The molecule has 0 atom stereocenters. The number of carbonyl (C=O) groups is 2. The van der Waals surface area contributed by atoms with Crippen molar-refractivity contribution in [2.24, 2.45) is 0 Å². The maximum absolute atomic E-state index is 13.2. The Balaban J connectivity index is 2.07. The van der Waals surface area contributed by atoms with Crippen molar-refractivity contribution in [3.8, 4) is 11.5 Å². The second kappa shape index (κ2) is 6.01. The van der Waals surface area contributed by atoms with E-state index in [1.165, 1.54) is 24.3 Å². The molecule has 0 saturated heterocycles. The Hall–Kier alpha value is -3.66. The van der Waals surface area contributed by atoms with Crippen LogP contribution in [-0.2, 0) is 0 Å². The zero-order valence-electron chi connectivity index (χ0n) is 13.6. The number of hydrogen-bond donors (Lipinski definition) is 2. The van der Waals surface area contributed by atoms with Gasteiger partial charge in [-0.05, 0) is 35.4 Å². The summed E-state index contributed by atoms with van der Waals surface area (Å²) >= 11 is 0. The third-order valence-electron chi connectivity index (χ3n) is 4.39. The molecule has 0 aromatic heterocycles. The molecule has 2 N–H and O–H groups in total. The van der Waals surface area contributed by atoms with Crippen LogP contribution in [0.1, 0.15) is 31.8 Å². The lowest BCUT2D eigenvalue weighted by molar-refractivity contribution is 0.101. The minimum absolute atomic E-state index is 0.00404. The van der Waals surface area contributed by atoms with Crippen molar-refractivity contribution in [1.29, 1.82) is 0 Å². The van der Waals surface area contributed by atoms with Crippen molar-refractivity contribution in [3.05, 3.63) is 95.1 Å². The standard InChI is InChI=1S/C22H14O4/c23-15-7-3-5-13(11-15)19-20(14-6-4-8-16(24)12-14)22(26)18-10-2-1-9-17(18)21(19)25/h1-12,23-24H. The molecule has 126 valence electrons. The fourth-order valence-electron chi connectivity index (χ4n) is 3.25. The summed E-state index contributed by atoms with van der Waals surface area (Å²) in [6.07, 6.45) is 0. The van der Waals surface area contributed by atoms with Crippen molar-refractivity contribution in [2.45, 2.75) is 0 Å². The monoisotopic (exact) mass is 342 g/mol. The first-order valence-corrected chi connectivity index (χ1v) is 8.08. The number of fused-ring (bicyclic) bond motifs is 1. The molecule has 1 aliphatic rings. The second-order valence-electron chi connectivity index (χ2n) is 6.05. The zero-order valence-corrected chi connectivity index (χ0v) is 13.6. The van der Waals surface area contributed by atoms with Gasteiger partial charge in [0.05, 0.1) is 0 Å². The molecule has 0 saturated carbocycles.